The van der Waals surface area contributed by atoms with Gasteiger partial charge in [-0.15, -0.1) is 0 Å². The van der Waals surface area contributed by atoms with E-state index in [1.807, 2.05) is 42.5 Å². The van der Waals surface area contributed by atoms with Crippen LogP contribution < -0.4 is 5.32 Å². The van der Waals surface area contributed by atoms with E-state index in [0.29, 0.717) is 18.4 Å². The fraction of sp³-hybridized carbons (Fsp3) is 0.190. The minimum absolute atomic E-state index is 0.143. The van der Waals surface area contributed by atoms with Gasteiger partial charge in [0.15, 0.2) is 5.76 Å². The monoisotopic (exact) mass is 360 g/mol. The van der Waals surface area contributed by atoms with Crippen LogP contribution in [0.15, 0.2) is 59.0 Å². The largest absolute Gasteiger partial charge is 0.453 e. The Hall–Kier alpha value is -3.41. The summed E-state index contributed by atoms with van der Waals surface area (Å²) in [5.74, 6) is -0.635. The molecule has 1 aliphatic carbocycles. The number of nitrogens with zero attached hydrogens (tertiary/aromatic N) is 1. The molecule has 0 saturated carbocycles. The number of imide groups is 1. The van der Waals surface area contributed by atoms with Crippen LogP contribution in [-0.2, 0) is 16.8 Å². The fourth-order valence-electron chi connectivity index (χ4n) is 4.07. The summed E-state index contributed by atoms with van der Waals surface area (Å²) in [5, 5.41) is 3.63. The lowest BCUT2D eigenvalue weighted by Gasteiger charge is -2.22. The van der Waals surface area contributed by atoms with Crippen LogP contribution in [0.2, 0.25) is 0 Å². The third-order valence-corrected chi connectivity index (χ3v) is 5.42. The number of rotatable bonds is 3. The molecule has 27 heavy (non-hydrogen) atoms. The van der Waals surface area contributed by atoms with E-state index >= 15 is 0 Å². The Morgan fingerprint density at radius 2 is 1.89 bits per heavy atom. The van der Waals surface area contributed by atoms with Crippen molar-refractivity contribution in [1.29, 1.82) is 0 Å². The van der Waals surface area contributed by atoms with Crippen LogP contribution in [0.25, 0.3) is 11.0 Å². The Kier molecular flexibility index (Phi) is 3.25. The van der Waals surface area contributed by atoms with Gasteiger partial charge in [0, 0.05) is 5.39 Å². The third-order valence-electron chi connectivity index (χ3n) is 5.42. The summed E-state index contributed by atoms with van der Waals surface area (Å²) in [6, 6.07) is 16.0. The second kappa shape index (κ2) is 5.54. The molecule has 1 aromatic heterocycles. The summed E-state index contributed by atoms with van der Waals surface area (Å²) in [6.07, 6.45) is 1.22. The maximum atomic E-state index is 13.1. The molecule has 1 atom stereocenters. The second-order valence-electron chi connectivity index (χ2n) is 6.96. The molecule has 0 radical (unpaired) electrons. The number of furan rings is 1. The molecule has 2 aromatic carbocycles. The topological polar surface area (TPSA) is 79.6 Å². The van der Waals surface area contributed by atoms with E-state index in [0.717, 1.165) is 21.4 Å². The average molecular weight is 360 g/mol. The first-order valence-corrected chi connectivity index (χ1v) is 8.83. The van der Waals surface area contributed by atoms with Crippen molar-refractivity contribution < 1.29 is 18.8 Å². The number of hydrogen-bond donors (Lipinski definition) is 1. The van der Waals surface area contributed by atoms with E-state index in [2.05, 4.69) is 5.32 Å². The van der Waals surface area contributed by atoms with E-state index in [9.17, 15) is 14.4 Å². The highest BCUT2D eigenvalue weighted by atomic mass is 16.3. The Labute approximate surface area is 154 Å². The average Bonchev–Trinajstić information content (AvgIpc) is 3.34. The summed E-state index contributed by atoms with van der Waals surface area (Å²) in [6.45, 7) is -0.339. The number of benzene rings is 2. The van der Waals surface area contributed by atoms with Crippen molar-refractivity contribution in [1.82, 2.24) is 10.2 Å². The number of carbonyl (C=O) groups excluding carboxylic acids is 3. The maximum Gasteiger partial charge on any atom is 0.325 e. The van der Waals surface area contributed by atoms with Crippen LogP contribution in [0.3, 0.4) is 0 Å². The molecule has 0 unspecified atom stereocenters. The predicted octanol–water partition coefficient (Wildman–Crippen LogP) is 3.01. The molecule has 3 amide bonds. The predicted molar refractivity (Wildman–Crippen MR) is 97.2 cm³/mol. The Morgan fingerprint density at radius 3 is 2.74 bits per heavy atom. The lowest BCUT2D eigenvalue weighted by molar-refractivity contribution is -0.131. The number of fused-ring (bicyclic) bond motifs is 3. The Bertz CT molecular complexity index is 1080. The zero-order chi connectivity index (χ0) is 18.6. The summed E-state index contributed by atoms with van der Waals surface area (Å²) in [7, 11) is 0. The van der Waals surface area contributed by atoms with Crippen LogP contribution in [0, 0.1) is 0 Å². The van der Waals surface area contributed by atoms with Crippen molar-refractivity contribution in [3.63, 3.8) is 0 Å². The molecule has 6 heteroatoms. The van der Waals surface area contributed by atoms with Gasteiger partial charge in [-0.05, 0) is 36.1 Å². The highest BCUT2D eigenvalue weighted by molar-refractivity contribution is 6.11. The molecule has 2 aliphatic rings. The maximum absolute atomic E-state index is 13.1. The van der Waals surface area contributed by atoms with Gasteiger partial charge in [-0.3, -0.25) is 14.5 Å². The van der Waals surface area contributed by atoms with Gasteiger partial charge in [0.2, 0.25) is 5.78 Å². The number of hydrogen-bond acceptors (Lipinski definition) is 4. The van der Waals surface area contributed by atoms with Crippen LogP contribution in [0.5, 0.6) is 0 Å². The number of urea groups is 1. The van der Waals surface area contributed by atoms with E-state index in [1.165, 1.54) is 0 Å². The smallest absolute Gasteiger partial charge is 0.325 e. The summed E-state index contributed by atoms with van der Waals surface area (Å²) in [4.78, 5) is 39.2. The van der Waals surface area contributed by atoms with Crippen molar-refractivity contribution in [3.8, 4) is 0 Å². The van der Waals surface area contributed by atoms with Crippen LogP contribution in [0.1, 0.15) is 28.1 Å². The van der Waals surface area contributed by atoms with Crippen molar-refractivity contribution in [2.75, 3.05) is 6.54 Å². The zero-order valence-electron chi connectivity index (χ0n) is 14.4. The molecule has 1 aliphatic heterocycles. The van der Waals surface area contributed by atoms with Crippen molar-refractivity contribution in [2.45, 2.75) is 18.4 Å². The Balaban J connectivity index is 1.44. The van der Waals surface area contributed by atoms with Crippen molar-refractivity contribution in [2.24, 2.45) is 0 Å². The van der Waals surface area contributed by atoms with E-state index < -0.39 is 17.4 Å². The summed E-state index contributed by atoms with van der Waals surface area (Å²) in [5.41, 5.74) is 1.42. The molecule has 134 valence electrons. The zero-order valence-corrected chi connectivity index (χ0v) is 14.4. The molecule has 1 fully saturated rings. The number of aryl methyl sites for hydroxylation is 1. The number of nitrogens with one attached hydrogen (secondary N) is 1. The third kappa shape index (κ3) is 2.23. The number of amides is 3. The molecule has 5 rings (SSSR count). The molecular weight excluding hydrogens is 344 g/mol. The highest BCUT2D eigenvalue weighted by Gasteiger charge is 2.55. The molecule has 6 nitrogen and oxygen atoms in total. The van der Waals surface area contributed by atoms with E-state index in [1.54, 1.807) is 12.1 Å². The number of para-hydroxylation sites is 1. The molecule has 2 heterocycles. The molecule has 1 saturated heterocycles. The molecule has 1 N–H and O–H groups in total. The van der Waals surface area contributed by atoms with Gasteiger partial charge in [-0.2, -0.15) is 0 Å². The first-order chi connectivity index (χ1) is 13.1. The van der Waals surface area contributed by atoms with Crippen molar-refractivity contribution >= 4 is 28.7 Å². The SMILES string of the molecule is O=C(CN1C(=O)N[C@]2(CCc3ccccc32)C1=O)c1cc2ccccc2o1. The van der Waals surface area contributed by atoms with Gasteiger partial charge in [-0.25, -0.2) is 4.79 Å². The van der Waals surface area contributed by atoms with Gasteiger partial charge in [0.1, 0.15) is 11.1 Å². The molecule has 1 spiro atoms. The van der Waals surface area contributed by atoms with Crippen LogP contribution in [0.4, 0.5) is 4.79 Å². The number of carbonyl (C=O) groups is 3. The molecular formula is C21H16N2O4. The van der Waals surface area contributed by atoms with Gasteiger partial charge in [0.05, 0.1) is 6.54 Å². The van der Waals surface area contributed by atoms with E-state index in [-0.39, 0.29) is 18.2 Å². The van der Waals surface area contributed by atoms with Gasteiger partial charge in [0.25, 0.3) is 5.91 Å². The minimum atomic E-state index is -1.05. The van der Waals surface area contributed by atoms with Crippen LogP contribution in [-0.4, -0.2) is 29.2 Å². The number of Topliss-reactive ketones (excluding diaryl/α,β-unsaturated/α-hetero) is 1. The molecule has 0 bridgehead atoms. The van der Waals surface area contributed by atoms with Gasteiger partial charge >= 0.3 is 6.03 Å². The highest BCUT2D eigenvalue weighted by Crippen LogP contribution is 2.41. The lowest BCUT2D eigenvalue weighted by atomic mass is 9.92. The Morgan fingerprint density at radius 1 is 1.11 bits per heavy atom. The number of ketones is 1. The fourth-order valence-corrected chi connectivity index (χ4v) is 4.07. The summed E-state index contributed by atoms with van der Waals surface area (Å²) < 4.78 is 5.56. The van der Waals surface area contributed by atoms with Gasteiger partial charge in [-0.1, -0.05) is 42.5 Å². The quantitative estimate of drug-likeness (QED) is 0.575. The van der Waals surface area contributed by atoms with E-state index in [4.69, 9.17) is 4.42 Å². The normalized spacial score (nSPS) is 21.1. The molecule has 3 aromatic rings. The van der Waals surface area contributed by atoms with Crippen molar-refractivity contribution in [3.05, 3.63) is 71.5 Å². The standard InChI is InChI=1S/C21H16N2O4/c24-16(18-11-14-6-2-4-8-17(14)27-18)12-23-19(25)21(22-20(23)26)10-9-13-5-1-3-7-15(13)21/h1-8,11H,9-10,12H2,(H,22,26)/t21-/m0/s1. The van der Waals surface area contributed by atoms with Crippen LogP contribution >= 0.6 is 0 Å². The summed E-state index contributed by atoms with van der Waals surface area (Å²) >= 11 is 0. The second-order valence-corrected chi connectivity index (χ2v) is 6.96. The minimum Gasteiger partial charge on any atom is -0.453 e. The lowest BCUT2D eigenvalue weighted by Crippen LogP contribution is -2.42. The first-order valence-electron chi connectivity index (χ1n) is 8.83. The first kappa shape index (κ1) is 15.8. The van der Waals surface area contributed by atoms with Gasteiger partial charge < -0.3 is 9.73 Å².